The summed E-state index contributed by atoms with van der Waals surface area (Å²) in [5.74, 6) is 0.718. The standard InChI is InChI=1S/C23H28N6O3/c1-14(2)32-9-8-29(23(30)31)12-15-6-5-7-16(10-15)18-11-17-20-19(25-13-28(20)4)22(24-3)27-21(17)26-18/h5-7,10-11,13-14H,8-9,12H2,1-4H3,(H,30,31)(H2,24,26,27). The van der Waals surface area contributed by atoms with Gasteiger partial charge in [-0.25, -0.2) is 14.8 Å². The van der Waals surface area contributed by atoms with Crippen LogP contribution >= 0.6 is 0 Å². The Morgan fingerprint density at radius 2 is 2.16 bits per heavy atom. The van der Waals surface area contributed by atoms with Crippen LogP contribution in [0.15, 0.2) is 36.7 Å². The van der Waals surface area contributed by atoms with E-state index in [9.17, 15) is 9.90 Å². The predicted octanol–water partition coefficient (Wildman–Crippen LogP) is 4.06. The highest BCUT2D eigenvalue weighted by molar-refractivity contribution is 6.07. The van der Waals surface area contributed by atoms with Crippen molar-refractivity contribution in [2.75, 3.05) is 25.5 Å². The fourth-order valence-corrected chi connectivity index (χ4v) is 3.83. The number of pyridine rings is 1. The van der Waals surface area contributed by atoms with Gasteiger partial charge in [0.05, 0.1) is 24.6 Å². The van der Waals surface area contributed by atoms with Gasteiger partial charge in [-0.05, 0) is 37.1 Å². The summed E-state index contributed by atoms with van der Waals surface area (Å²) in [6, 6.07) is 9.94. The molecule has 3 heterocycles. The van der Waals surface area contributed by atoms with Crippen LogP contribution in [0.5, 0.6) is 0 Å². The van der Waals surface area contributed by atoms with Crippen LogP contribution in [0.2, 0.25) is 0 Å². The first-order valence-corrected chi connectivity index (χ1v) is 10.6. The molecule has 0 saturated heterocycles. The maximum atomic E-state index is 11.7. The molecule has 0 fully saturated rings. The molecule has 4 aromatic rings. The van der Waals surface area contributed by atoms with Crippen molar-refractivity contribution in [3.63, 3.8) is 0 Å². The van der Waals surface area contributed by atoms with Crippen LogP contribution in [-0.2, 0) is 18.3 Å². The Morgan fingerprint density at radius 3 is 2.88 bits per heavy atom. The number of hydrogen-bond donors (Lipinski definition) is 3. The van der Waals surface area contributed by atoms with Crippen LogP contribution in [0.25, 0.3) is 33.3 Å². The van der Waals surface area contributed by atoms with Gasteiger partial charge in [0.2, 0.25) is 0 Å². The monoisotopic (exact) mass is 436 g/mol. The molecule has 0 aliphatic carbocycles. The highest BCUT2D eigenvalue weighted by atomic mass is 16.5. The summed E-state index contributed by atoms with van der Waals surface area (Å²) in [5.41, 5.74) is 5.37. The highest BCUT2D eigenvalue weighted by Gasteiger charge is 2.16. The molecule has 0 aliphatic heterocycles. The average molecular weight is 437 g/mol. The van der Waals surface area contributed by atoms with Crippen LogP contribution in [-0.4, -0.2) is 61.9 Å². The van der Waals surface area contributed by atoms with Crippen LogP contribution in [0.4, 0.5) is 10.6 Å². The molecular formula is C23H28N6O3. The molecule has 9 nitrogen and oxygen atoms in total. The Hall–Kier alpha value is -3.59. The van der Waals surface area contributed by atoms with E-state index in [4.69, 9.17) is 4.74 Å². The van der Waals surface area contributed by atoms with Crippen molar-refractivity contribution < 1.29 is 14.6 Å². The summed E-state index contributed by atoms with van der Waals surface area (Å²) >= 11 is 0. The number of imidazole rings is 1. The maximum Gasteiger partial charge on any atom is 0.407 e. The summed E-state index contributed by atoms with van der Waals surface area (Å²) in [5, 5.41) is 13.7. The number of H-pyrrole nitrogens is 1. The minimum Gasteiger partial charge on any atom is -0.465 e. The second kappa shape index (κ2) is 8.88. The largest absolute Gasteiger partial charge is 0.465 e. The fourth-order valence-electron chi connectivity index (χ4n) is 3.83. The number of carbonyl (C=O) groups is 1. The SMILES string of the molecule is CNc1nc2[nH]c(-c3cccc(CN(CCOC(C)C)C(=O)O)c3)cc2c2c1ncn2C. The first kappa shape index (κ1) is 21.6. The molecule has 0 saturated carbocycles. The highest BCUT2D eigenvalue weighted by Crippen LogP contribution is 2.31. The van der Waals surface area contributed by atoms with Crippen LogP contribution in [0, 0.1) is 0 Å². The Kier molecular flexibility index (Phi) is 6.00. The van der Waals surface area contributed by atoms with Gasteiger partial charge in [0.1, 0.15) is 11.2 Å². The average Bonchev–Trinajstić information content (AvgIpc) is 3.36. The van der Waals surface area contributed by atoms with Crippen LogP contribution < -0.4 is 5.32 Å². The zero-order chi connectivity index (χ0) is 22.8. The summed E-state index contributed by atoms with van der Waals surface area (Å²) in [6.45, 7) is 4.84. The fraction of sp³-hybridized carbons (Fsp3) is 0.348. The van der Waals surface area contributed by atoms with E-state index in [2.05, 4.69) is 26.3 Å². The molecule has 0 radical (unpaired) electrons. The van der Waals surface area contributed by atoms with E-state index in [-0.39, 0.29) is 6.10 Å². The zero-order valence-electron chi connectivity index (χ0n) is 18.7. The van der Waals surface area contributed by atoms with Crippen molar-refractivity contribution in [3.05, 3.63) is 42.2 Å². The number of benzene rings is 1. The first-order valence-electron chi connectivity index (χ1n) is 10.6. The molecule has 0 atom stereocenters. The molecule has 3 N–H and O–H groups in total. The lowest BCUT2D eigenvalue weighted by Crippen LogP contribution is -2.32. The number of anilines is 1. The van der Waals surface area contributed by atoms with Crippen molar-refractivity contribution in [1.82, 2.24) is 24.4 Å². The Balaban J connectivity index is 1.65. The summed E-state index contributed by atoms with van der Waals surface area (Å²) in [6.07, 6.45) is 0.887. The third kappa shape index (κ3) is 4.24. The molecular weight excluding hydrogens is 408 g/mol. The smallest absolute Gasteiger partial charge is 0.407 e. The third-order valence-corrected chi connectivity index (χ3v) is 5.37. The van der Waals surface area contributed by atoms with Crippen LogP contribution in [0.1, 0.15) is 19.4 Å². The molecule has 0 bridgehead atoms. The normalized spacial score (nSPS) is 11.5. The van der Waals surface area contributed by atoms with Gasteiger partial charge in [-0.3, -0.25) is 0 Å². The molecule has 0 spiro atoms. The van der Waals surface area contributed by atoms with Gasteiger partial charge < -0.3 is 29.6 Å². The van der Waals surface area contributed by atoms with Crippen LogP contribution in [0.3, 0.4) is 0 Å². The van der Waals surface area contributed by atoms with Crippen molar-refractivity contribution >= 4 is 34.0 Å². The lowest BCUT2D eigenvalue weighted by molar-refractivity contribution is 0.0562. The molecule has 9 heteroatoms. The van der Waals surface area contributed by atoms with E-state index >= 15 is 0 Å². The number of aromatic amines is 1. The van der Waals surface area contributed by atoms with Crippen molar-refractivity contribution in [1.29, 1.82) is 0 Å². The molecule has 1 aromatic carbocycles. The van der Waals surface area contributed by atoms with E-state index in [1.807, 2.05) is 56.8 Å². The summed E-state index contributed by atoms with van der Waals surface area (Å²) < 4.78 is 7.50. The number of nitrogens with zero attached hydrogens (tertiary/aromatic N) is 4. The predicted molar refractivity (Wildman–Crippen MR) is 125 cm³/mol. The number of nitrogens with one attached hydrogen (secondary N) is 2. The molecule has 4 rings (SSSR count). The van der Waals surface area contributed by atoms with Crippen molar-refractivity contribution in [2.24, 2.45) is 7.05 Å². The van der Waals surface area contributed by atoms with Gasteiger partial charge >= 0.3 is 6.09 Å². The quantitative estimate of drug-likeness (QED) is 0.384. The van der Waals surface area contributed by atoms with Gasteiger partial charge in [-0.2, -0.15) is 0 Å². The first-order chi connectivity index (χ1) is 15.4. The number of rotatable bonds is 8. The third-order valence-electron chi connectivity index (χ3n) is 5.37. The summed E-state index contributed by atoms with van der Waals surface area (Å²) in [4.78, 5) is 25.6. The number of amides is 1. The number of aryl methyl sites for hydroxylation is 1. The molecule has 1 amide bonds. The number of aromatic nitrogens is 4. The van der Waals surface area contributed by atoms with E-state index < -0.39 is 6.09 Å². The Morgan fingerprint density at radius 1 is 1.34 bits per heavy atom. The van der Waals surface area contributed by atoms with Gasteiger partial charge in [-0.1, -0.05) is 18.2 Å². The number of ether oxygens (including phenoxy) is 1. The van der Waals surface area contributed by atoms with Gasteiger partial charge in [0.25, 0.3) is 0 Å². The topological polar surface area (TPSA) is 108 Å². The summed E-state index contributed by atoms with van der Waals surface area (Å²) in [7, 11) is 3.79. The van der Waals surface area contributed by atoms with E-state index in [1.165, 1.54) is 4.90 Å². The second-order valence-electron chi connectivity index (χ2n) is 8.03. The van der Waals surface area contributed by atoms with E-state index in [0.717, 1.165) is 44.7 Å². The molecule has 168 valence electrons. The molecule has 32 heavy (non-hydrogen) atoms. The number of hydrogen-bond acceptors (Lipinski definition) is 5. The second-order valence-corrected chi connectivity index (χ2v) is 8.03. The molecule has 0 aliphatic rings. The minimum absolute atomic E-state index is 0.0684. The maximum absolute atomic E-state index is 11.7. The number of carboxylic acid groups (broad SMARTS) is 1. The van der Waals surface area contributed by atoms with Gasteiger partial charge in [0.15, 0.2) is 5.82 Å². The number of fused-ring (bicyclic) bond motifs is 3. The Bertz CT molecular complexity index is 1260. The minimum atomic E-state index is -0.962. The lowest BCUT2D eigenvalue weighted by atomic mass is 10.1. The van der Waals surface area contributed by atoms with E-state index in [0.29, 0.717) is 19.7 Å². The lowest BCUT2D eigenvalue weighted by Gasteiger charge is -2.20. The van der Waals surface area contributed by atoms with E-state index in [1.54, 1.807) is 6.33 Å². The molecule has 0 unspecified atom stereocenters. The zero-order valence-corrected chi connectivity index (χ0v) is 18.7. The van der Waals surface area contributed by atoms with Crippen molar-refractivity contribution in [2.45, 2.75) is 26.5 Å². The Labute approximate surface area is 186 Å². The van der Waals surface area contributed by atoms with Crippen molar-refractivity contribution in [3.8, 4) is 11.3 Å². The van der Waals surface area contributed by atoms with Gasteiger partial charge in [-0.15, -0.1) is 0 Å². The molecule has 3 aromatic heterocycles. The van der Waals surface area contributed by atoms with Gasteiger partial charge in [0, 0.05) is 38.3 Å².